The second-order valence-corrected chi connectivity index (χ2v) is 7.67. The van der Waals surface area contributed by atoms with Crippen molar-refractivity contribution >= 4 is 22.6 Å². The predicted octanol–water partition coefficient (Wildman–Crippen LogP) is 5.12. The largest absolute Gasteiger partial charge is 0.497 e. The average Bonchev–Trinajstić information content (AvgIpc) is 2.84. The van der Waals surface area contributed by atoms with Gasteiger partial charge < -0.3 is 19.9 Å². The van der Waals surface area contributed by atoms with Crippen LogP contribution in [0.4, 0.5) is 0 Å². The Morgan fingerprint density at radius 2 is 1.73 bits per heavy atom. The highest BCUT2D eigenvalue weighted by Crippen LogP contribution is 2.25. The summed E-state index contributed by atoms with van der Waals surface area (Å²) in [7, 11) is 1.61. The molecule has 1 amide bonds. The Kier molecular flexibility index (Phi) is 8.88. The summed E-state index contributed by atoms with van der Waals surface area (Å²) in [4.78, 5) is 23.6. The summed E-state index contributed by atoms with van der Waals surface area (Å²) in [6.07, 6.45) is 3.83. The van der Waals surface area contributed by atoms with Crippen molar-refractivity contribution in [2.45, 2.75) is 32.2 Å². The van der Waals surface area contributed by atoms with Crippen molar-refractivity contribution in [2.24, 2.45) is 0 Å². The number of amides is 1. The molecule has 2 N–H and O–H groups in total. The summed E-state index contributed by atoms with van der Waals surface area (Å²) >= 11 is 0. The molecule has 0 unspecified atom stereocenters. The van der Waals surface area contributed by atoms with Gasteiger partial charge in [0, 0.05) is 18.4 Å². The highest BCUT2D eigenvalue weighted by atomic mass is 16.5. The van der Waals surface area contributed by atoms with E-state index in [-0.39, 0.29) is 18.9 Å². The minimum absolute atomic E-state index is 0.124. The monoisotopic (exact) mass is 447 g/mol. The summed E-state index contributed by atoms with van der Waals surface area (Å²) < 4.78 is 11.2. The van der Waals surface area contributed by atoms with Gasteiger partial charge in [0.15, 0.2) is 0 Å². The first-order valence-electron chi connectivity index (χ1n) is 11.0. The topological polar surface area (TPSA) is 84.9 Å². The SMILES string of the molecule is COc1ccc(CNC(=O)C(=CCCCCC(=O)O)COc2cccc3ccccc23)cc1. The van der Waals surface area contributed by atoms with Crippen LogP contribution in [-0.4, -0.2) is 30.7 Å². The Balaban J connectivity index is 1.66. The van der Waals surface area contributed by atoms with Gasteiger partial charge in [-0.1, -0.05) is 54.6 Å². The number of carboxylic acids is 1. The molecular formula is C27H29NO5. The molecule has 33 heavy (non-hydrogen) atoms. The van der Waals surface area contributed by atoms with Crippen molar-refractivity contribution in [1.82, 2.24) is 5.32 Å². The zero-order valence-electron chi connectivity index (χ0n) is 18.8. The third-order valence-corrected chi connectivity index (χ3v) is 5.27. The zero-order valence-corrected chi connectivity index (χ0v) is 18.8. The fraction of sp³-hybridized carbons (Fsp3) is 0.259. The maximum Gasteiger partial charge on any atom is 0.303 e. The van der Waals surface area contributed by atoms with E-state index < -0.39 is 5.97 Å². The van der Waals surface area contributed by atoms with E-state index in [2.05, 4.69) is 5.32 Å². The van der Waals surface area contributed by atoms with E-state index in [1.54, 1.807) is 7.11 Å². The van der Waals surface area contributed by atoms with Crippen LogP contribution in [0, 0.1) is 0 Å². The van der Waals surface area contributed by atoms with Crippen molar-refractivity contribution in [1.29, 1.82) is 0 Å². The van der Waals surface area contributed by atoms with Gasteiger partial charge in [0.05, 0.1) is 12.7 Å². The maximum absolute atomic E-state index is 12.9. The van der Waals surface area contributed by atoms with Gasteiger partial charge >= 0.3 is 5.97 Å². The second-order valence-electron chi connectivity index (χ2n) is 7.67. The normalized spacial score (nSPS) is 11.2. The summed E-state index contributed by atoms with van der Waals surface area (Å²) in [5.41, 5.74) is 1.48. The molecule has 0 bridgehead atoms. The number of methoxy groups -OCH3 is 1. The lowest BCUT2D eigenvalue weighted by atomic mass is 10.1. The molecule has 0 radical (unpaired) electrons. The third-order valence-electron chi connectivity index (χ3n) is 5.27. The number of hydrogen-bond donors (Lipinski definition) is 2. The number of nitrogens with one attached hydrogen (secondary N) is 1. The molecule has 0 heterocycles. The van der Waals surface area contributed by atoms with Crippen molar-refractivity contribution in [2.75, 3.05) is 13.7 Å². The number of unbranched alkanes of at least 4 members (excludes halogenated alkanes) is 2. The molecule has 0 atom stereocenters. The van der Waals surface area contributed by atoms with Crippen LogP contribution >= 0.6 is 0 Å². The van der Waals surface area contributed by atoms with Gasteiger partial charge in [0.25, 0.3) is 5.91 Å². The number of ether oxygens (including phenoxy) is 2. The molecule has 3 aromatic rings. The standard InChI is InChI=1S/C27H29NO5/c1-32-23-16-14-20(15-17-23)18-28-27(31)22(9-3-2-4-13-26(29)30)19-33-25-12-7-10-21-8-5-6-11-24(21)25/h5-12,14-17H,2-4,13,18-19H2,1H3,(H,28,31)(H,29,30). The molecule has 0 saturated carbocycles. The van der Waals surface area contributed by atoms with E-state index in [9.17, 15) is 9.59 Å². The fourth-order valence-corrected chi connectivity index (χ4v) is 3.43. The first kappa shape index (κ1) is 23.9. The summed E-state index contributed by atoms with van der Waals surface area (Å²) in [6.45, 7) is 0.509. The van der Waals surface area contributed by atoms with E-state index in [1.807, 2.05) is 72.8 Å². The van der Waals surface area contributed by atoms with Crippen LogP contribution in [0.1, 0.15) is 31.2 Å². The van der Waals surface area contributed by atoms with Crippen molar-refractivity contribution in [3.63, 3.8) is 0 Å². The van der Waals surface area contributed by atoms with Gasteiger partial charge in [-0.05, 0) is 48.4 Å². The lowest BCUT2D eigenvalue weighted by Gasteiger charge is -2.13. The van der Waals surface area contributed by atoms with E-state index in [4.69, 9.17) is 14.6 Å². The molecule has 0 spiro atoms. The van der Waals surface area contributed by atoms with Crippen molar-refractivity contribution < 1.29 is 24.2 Å². The molecule has 3 rings (SSSR count). The van der Waals surface area contributed by atoms with Gasteiger partial charge in [0.2, 0.25) is 0 Å². The third kappa shape index (κ3) is 7.38. The van der Waals surface area contributed by atoms with E-state index in [0.29, 0.717) is 37.1 Å². The van der Waals surface area contributed by atoms with Gasteiger partial charge in [-0.15, -0.1) is 0 Å². The smallest absolute Gasteiger partial charge is 0.303 e. The van der Waals surface area contributed by atoms with E-state index in [0.717, 1.165) is 22.1 Å². The second kappa shape index (κ2) is 12.3. The number of carboxylic acid groups (broad SMARTS) is 1. The molecule has 6 nitrogen and oxygen atoms in total. The van der Waals surface area contributed by atoms with Crippen molar-refractivity contribution in [3.05, 3.63) is 83.9 Å². The van der Waals surface area contributed by atoms with Crippen molar-refractivity contribution in [3.8, 4) is 11.5 Å². The van der Waals surface area contributed by atoms with E-state index >= 15 is 0 Å². The number of fused-ring (bicyclic) bond motifs is 1. The maximum atomic E-state index is 12.9. The van der Waals surface area contributed by atoms with Crippen LogP contribution in [-0.2, 0) is 16.1 Å². The number of benzene rings is 3. The Hall–Kier alpha value is -3.80. The predicted molar refractivity (Wildman–Crippen MR) is 128 cm³/mol. The zero-order chi connectivity index (χ0) is 23.5. The Morgan fingerprint density at radius 1 is 0.970 bits per heavy atom. The van der Waals surface area contributed by atoms with Gasteiger partial charge in [-0.25, -0.2) is 0 Å². The molecule has 6 heteroatoms. The molecule has 0 aliphatic rings. The number of allylic oxidation sites excluding steroid dienone is 1. The number of carbonyl (C=O) groups excluding carboxylic acids is 1. The average molecular weight is 448 g/mol. The molecule has 0 aliphatic carbocycles. The number of rotatable bonds is 12. The van der Waals surface area contributed by atoms with Crippen LogP contribution in [0.3, 0.4) is 0 Å². The summed E-state index contributed by atoms with van der Waals surface area (Å²) in [5, 5.41) is 13.8. The summed E-state index contributed by atoms with van der Waals surface area (Å²) in [5.74, 6) is 0.461. The number of hydrogen-bond acceptors (Lipinski definition) is 4. The first-order chi connectivity index (χ1) is 16.1. The molecule has 0 saturated heterocycles. The number of aliphatic carboxylic acids is 1. The molecule has 172 valence electrons. The first-order valence-corrected chi connectivity index (χ1v) is 11.0. The fourth-order valence-electron chi connectivity index (χ4n) is 3.43. The van der Waals surface area contributed by atoms with Crippen LogP contribution in [0.15, 0.2) is 78.4 Å². The molecular weight excluding hydrogens is 418 g/mol. The highest BCUT2D eigenvalue weighted by molar-refractivity contribution is 5.94. The van der Waals surface area contributed by atoms with Gasteiger partial charge in [0.1, 0.15) is 18.1 Å². The molecule has 0 aliphatic heterocycles. The lowest BCUT2D eigenvalue weighted by Crippen LogP contribution is -2.27. The minimum atomic E-state index is -0.810. The van der Waals surface area contributed by atoms with Crippen LogP contribution in [0.2, 0.25) is 0 Å². The molecule has 0 aromatic heterocycles. The highest BCUT2D eigenvalue weighted by Gasteiger charge is 2.12. The lowest BCUT2D eigenvalue weighted by molar-refractivity contribution is -0.137. The Labute approximate surface area is 193 Å². The Morgan fingerprint density at radius 3 is 2.48 bits per heavy atom. The molecule has 3 aromatic carbocycles. The molecule has 0 fully saturated rings. The van der Waals surface area contributed by atoms with E-state index in [1.165, 1.54) is 0 Å². The Bertz CT molecular complexity index is 1100. The van der Waals surface area contributed by atoms with Crippen LogP contribution in [0.5, 0.6) is 11.5 Å². The summed E-state index contributed by atoms with van der Waals surface area (Å²) in [6, 6.07) is 21.3. The van der Waals surface area contributed by atoms with Crippen LogP contribution < -0.4 is 14.8 Å². The number of carbonyl (C=O) groups is 2. The van der Waals surface area contributed by atoms with Gasteiger partial charge in [-0.2, -0.15) is 0 Å². The van der Waals surface area contributed by atoms with Gasteiger partial charge in [-0.3, -0.25) is 9.59 Å². The minimum Gasteiger partial charge on any atom is -0.497 e. The quantitative estimate of drug-likeness (QED) is 0.298. The van der Waals surface area contributed by atoms with Crippen LogP contribution in [0.25, 0.3) is 10.8 Å².